The van der Waals surface area contributed by atoms with Gasteiger partial charge in [-0.05, 0) is 46.5 Å². The van der Waals surface area contributed by atoms with Crippen molar-refractivity contribution in [2.24, 2.45) is 5.92 Å². The Morgan fingerprint density at radius 1 is 1.42 bits per heavy atom. The van der Waals surface area contributed by atoms with E-state index in [1.807, 2.05) is 20.8 Å². The van der Waals surface area contributed by atoms with Crippen LogP contribution in [0, 0.1) is 12.8 Å². The highest BCUT2D eigenvalue weighted by molar-refractivity contribution is 5.67. The van der Waals surface area contributed by atoms with Gasteiger partial charge in [-0.3, -0.25) is 0 Å². The third kappa shape index (κ3) is 5.19. The lowest BCUT2D eigenvalue weighted by atomic mass is 9.73. The minimum atomic E-state index is -0.496. The number of hydrogen-bond acceptors (Lipinski definition) is 6. The molecule has 1 aromatic heterocycles. The maximum atomic E-state index is 12.0. The fourth-order valence-corrected chi connectivity index (χ4v) is 3.21. The second kappa shape index (κ2) is 7.51. The number of aryl methyl sites for hydroxylation is 1. The van der Waals surface area contributed by atoms with Gasteiger partial charge in [-0.2, -0.15) is 4.98 Å². The van der Waals surface area contributed by atoms with Crippen LogP contribution in [0.2, 0.25) is 0 Å². The molecule has 1 heterocycles. The number of ether oxygens (including phenoxy) is 1. The van der Waals surface area contributed by atoms with Crippen LogP contribution in [0.3, 0.4) is 0 Å². The lowest BCUT2D eigenvalue weighted by molar-refractivity contribution is 0.0478. The number of nitrogens with one attached hydrogen (secondary N) is 2. The third-order valence-corrected chi connectivity index (χ3v) is 4.56. The molecular formula is C17H30N4O3. The number of alkyl carbamates (subject to hydrolysis) is 1. The van der Waals surface area contributed by atoms with Crippen LogP contribution in [0.15, 0.2) is 4.52 Å². The van der Waals surface area contributed by atoms with Gasteiger partial charge in [0.2, 0.25) is 5.89 Å². The molecule has 2 unspecified atom stereocenters. The Labute approximate surface area is 143 Å². The summed E-state index contributed by atoms with van der Waals surface area (Å²) >= 11 is 0. The molecule has 136 valence electrons. The number of nitrogens with zero attached hydrogens (tertiary/aromatic N) is 2. The van der Waals surface area contributed by atoms with Crippen LogP contribution in [0.25, 0.3) is 0 Å². The molecule has 1 saturated carbocycles. The average molecular weight is 338 g/mol. The van der Waals surface area contributed by atoms with Crippen molar-refractivity contribution in [2.75, 3.05) is 6.54 Å². The normalized spacial score (nSPS) is 24.6. The Hall–Kier alpha value is -1.63. The van der Waals surface area contributed by atoms with Crippen LogP contribution >= 0.6 is 0 Å². The molecule has 7 nitrogen and oxygen atoms in total. The molecule has 0 aromatic carbocycles. The molecule has 0 aliphatic heterocycles. The van der Waals surface area contributed by atoms with Gasteiger partial charge >= 0.3 is 6.09 Å². The maximum Gasteiger partial charge on any atom is 0.407 e. The summed E-state index contributed by atoms with van der Waals surface area (Å²) in [6, 6.07) is 0. The molecule has 1 aliphatic rings. The van der Waals surface area contributed by atoms with E-state index in [1.54, 1.807) is 6.92 Å². The second-order valence-corrected chi connectivity index (χ2v) is 7.75. The smallest absolute Gasteiger partial charge is 0.407 e. The van der Waals surface area contributed by atoms with E-state index in [-0.39, 0.29) is 11.6 Å². The van der Waals surface area contributed by atoms with Crippen LogP contribution in [0.4, 0.5) is 4.79 Å². The average Bonchev–Trinajstić information content (AvgIpc) is 2.89. The highest BCUT2D eigenvalue weighted by atomic mass is 16.6. The summed E-state index contributed by atoms with van der Waals surface area (Å²) in [5.41, 5.74) is -0.679. The van der Waals surface area contributed by atoms with Crippen molar-refractivity contribution in [1.29, 1.82) is 0 Å². The highest BCUT2D eigenvalue weighted by Crippen LogP contribution is 2.33. The molecule has 1 amide bonds. The predicted molar refractivity (Wildman–Crippen MR) is 90.5 cm³/mol. The fraction of sp³-hybridized carbons (Fsp3) is 0.824. The van der Waals surface area contributed by atoms with Crippen molar-refractivity contribution in [3.8, 4) is 0 Å². The van der Waals surface area contributed by atoms with Crippen LogP contribution in [-0.2, 0) is 11.3 Å². The molecule has 0 spiro atoms. The summed E-state index contributed by atoms with van der Waals surface area (Å²) in [6.07, 6.45) is 4.10. The summed E-state index contributed by atoms with van der Waals surface area (Å²) in [7, 11) is 0. The summed E-state index contributed by atoms with van der Waals surface area (Å²) in [6.45, 7) is 10.6. The number of amides is 1. The molecule has 0 saturated heterocycles. The van der Waals surface area contributed by atoms with E-state index in [0.29, 0.717) is 30.7 Å². The highest BCUT2D eigenvalue weighted by Gasteiger charge is 2.38. The molecule has 2 atom stereocenters. The van der Waals surface area contributed by atoms with Crippen LogP contribution in [0.1, 0.15) is 65.1 Å². The molecule has 24 heavy (non-hydrogen) atoms. The van der Waals surface area contributed by atoms with E-state index in [2.05, 4.69) is 27.7 Å². The molecular weight excluding hydrogens is 308 g/mol. The largest absolute Gasteiger partial charge is 0.444 e. The Bertz CT molecular complexity index is 552. The van der Waals surface area contributed by atoms with E-state index in [1.165, 1.54) is 6.42 Å². The lowest BCUT2D eigenvalue weighted by Gasteiger charge is -2.43. The lowest BCUT2D eigenvalue weighted by Crippen LogP contribution is -2.59. The molecule has 0 bridgehead atoms. The summed E-state index contributed by atoms with van der Waals surface area (Å²) in [5.74, 6) is 1.64. The number of aromatic nitrogens is 2. The molecule has 7 heteroatoms. The maximum absolute atomic E-state index is 12.0. The Morgan fingerprint density at radius 2 is 2.17 bits per heavy atom. The summed E-state index contributed by atoms with van der Waals surface area (Å²) in [5, 5.41) is 10.3. The summed E-state index contributed by atoms with van der Waals surface area (Å²) < 4.78 is 10.5. The van der Waals surface area contributed by atoms with Gasteiger partial charge in [0.25, 0.3) is 0 Å². The standard InChI is InChI=1S/C17H30N4O3/c1-12-8-6-7-9-17(12,11-18-15(22)23-16(3,4)5)19-10-14-20-13(2)21-24-14/h12,19H,6-11H2,1-5H3,(H,18,22). The molecule has 1 aliphatic carbocycles. The first-order valence-corrected chi connectivity index (χ1v) is 8.71. The van der Waals surface area contributed by atoms with Gasteiger partial charge in [0.15, 0.2) is 5.82 Å². The van der Waals surface area contributed by atoms with Gasteiger partial charge in [0.1, 0.15) is 5.60 Å². The van der Waals surface area contributed by atoms with Crippen molar-refractivity contribution in [3.63, 3.8) is 0 Å². The van der Waals surface area contributed by atoms with Crippen molar-refractivity contribution in [2.45, 2.75) is 78.0 Å². The quantitative estimate of drug-likeness (QED) is 0.858. The monoisotopic (exact) mass is 338 g/mol. The van der Waals surface area contributed by atoms with Gasteiger partial charge in [0, 0.05) is 12.1 Å². The first-order valence-electron chi connectivity index (χ1n) is 8.71. The van der Waals surface area contributed by atoms with Gasteiger partial charge in [0.05, 0.1) is 6.54 Å². The van der Waals surface area contributed by atoms with Gasteiger partial charge in [-0.15, -0.1) is 0 Å². The van der Waals surface area contributed by atoms with Crippen LogP contribution in [0.5, 0.6) is 0 Å². The van der Waals surface area contributed by atoms with Crippen molar-refractivity contribution in [1.82, 2.24) is 20.8 Å². The first-order chi connectivity index (χ1) is 11.2. The minimum absolute atomic E-state index is 0.183. The first kappa shape index (κ1) is 18.7. The minimum Gasteiger partial charge on any atom is -0.444 e. The van der Waals surface area contributed by atoms with E-state index in [4.69, 9.17) is 9.26 Å². The summed E-state index contributed by atoms with van der Waals surface area (Å²) in [4.78, 5) is 16.3. The third-order valence-electron chi connectivity index (χ3n) is 4.56. The van der Waals surface area contributed by atoms with Crippen LogP contribution in [-0.4, -0.2) is 33.9 Å². The van der Waals surface area contributed by atoms with E-state index < -0.39 is 5.60 Å². The molecule has 2 rings (SSSR count). The molecule has 1 fully saturated rings. The van der Waals surface area contributed by atoms with Crippen molar-refractivity contribution < 1.29 is 14.1 Å². The Balaban J connectivity index is 1.99. The number of carbonyl (C=O) groups is 1. The zero-order valence-electron chi connectivity index (χ0n) is 15.4. The number of rotatable bonds is 5. The fourth-order valence-electron chi connectivity index (χ4n) is 3.21. The number of hydrogen-bond donors (Lipinski definition) is 2. The van der Waals surface area contributed by atoms with E-state index in [0.717, 1.165) is 19.3 Å². The number of carbonyl (C=O) groups excluding carboxylic acids is 1. The van der Waals surface area contributed by atoms with Gasteiger partial charge < -0.3 is 19.9 Å². The van der Waals surface area contributed by atoms with Crippen molar-refractivity contribution in [3.05, 3.63) is 11.7 Å². The van der Waals surface area contributed by atoms with E-state index in [9.17, 15) is 4.79 Å². The van der Waals surface area contributed by atoms with Gasteiger partial charge in [-0.25, -0.2) is 4.79 Å². The zero-order chi connectivity index (χ0) is 17.8. The molecule has 2 N–H and O–H groups in total. The zero-order valence-corrected chi connectivity index (χ0v) is 15.4. The molecule has 0 radical (unpaired) electrons. The van der Waals surface area contributed by atoms with Crippen LogP contribution < -0.4 is 10.6 Å². The Kier molecular flexibility index (Phi) is 5.85. The Morgan fingerprint density at radius 3 is 2.75 bits per heavy atom. The van der Waals surface area contributed by atoms with E-state index >= 15 is 0 Å². The topological polar surface area (TPSA) is 89.3 Å². The van der Waals surface area contributed by atoms with Crippen molar-refractivity contribution >= 4 is 6.09 Å². The van der Waals surface area contributed by atoms with Gasteiger partial charge in [-0.1, -0.05) is 24.9 Å². The SMILES string of the molecule is Cc1noc(CNC2(CNC(=O)OC(C)(C)C)CCCCC2C)n1. The molecule has 1 aromatic rings. The second-order valence-electron chi connectivity index (χ2n) is 7.75. The predicted octanol–water partition coefficient (Wildman–Crippen LogP) is 2.94.